The Hall–Kier alpha value is -2.37. The van der Waals surface area contributed by atoms with Crippen LogP contribution in [0.1, 0.15) is 34.9 Å². The number of carbonyl (C=O) groups excluding carboxylic acids is 1. The summed E-state index contributed by atoms with van der Waals surface area (Å²) >= 11 is 0. The van der Waals surface area contributed by atoms with Gasteiger partial charge in [-0.3, -0.25) is 4.79 Å². The lowest BCUT2D eigenvalue weighted by molar-refractivity contribution is 0.0786. The van der Waals surface area contributed by atoms with Crippen LogP contribution in [0.25, 0.3) is 0 Å². The molecule has 1 aliphatic rings. The number of amides is 1. The lowest BCUT2D eigenvalue weighted by atomic mass is 10.3. The number of carbonyl (C=O) groups is 1. The number of aromatic nitrogens is 2. The molecule has 1 saturated heterocycles. The molecule has 3 heterocycles. The minimum Gasteiger partial charge on any atom is -0.467 e. The molecule has 2 aromatic rings. The first kappa shape index (κ1) is 13.6. The molecule has 2 aromatic heterocycles. The number of likely N-dealkylation sites (tertiary alicyclic amines) is 1. The molecular weight excluding hydrogens is 268 g/mol. The predicted octanol–water partition coefficient (Wildman–Crippen LogP) is 2.23. The van der Waals surface area contributed by atoms with Gasteiger partial charge in [0.2, 0.25) is 0 Å². The molecule has 0 bridgehead atoms. The molecule has 1 fully saturated rings. The fourth-order valence-electron chi connectivity index (χ4n) is 2.44. The van der Waals surface area contributed by atoms with Crippen molar-refractivity contribution in [1.82, 2.24) is 14.9 Å². The van der Waals surface area contributed by atoms with Gasteiger partial charge in [0, 0.05) is 19.2 Å². The molecule has 3 rings (SSSR count). The second kappa shape index (κ2) is 5.95. The average Bonchev–Trinajstić information content (AvgIpc) is 3.17. The van der Waals surface area contributed by atoms with E-state index in [0.717, 1.165) is 31.7 Å². The van der Waals surface area contributed by atoms with Crippen LogP contribution in [0.15, 0.2) is 28.9 Å². The van der Waals surface area contributed by atoms with Gasteiger partial charge in [0.05, 0.1) is 12.8 Å². The second-order valence-corrected chi connectivity index (χ2v) is 5.12. The summed E-state index contributed by atoms with van der Waals surface area (Å²) in [4.78, 5) is 22.8. The lowest BCUT2D eigenvalue weighted by Crippen LogP contribution is -2.28. The van der Waals surface area contributed by atoms with Crippen molar-refractivity contribution in [1.29, 1.82) is 0 Å². The Morgan fingerprint density at radius 1 is 1.38 bits per heavy atom. The van der Waals surface area contributed by atoms with Gasteiger partial charge in [0.15, 0.2) is 0 Å². The van der Waals surface area contributed by atoms with E-state index in [1.165, 1.54) is 0 Å². The number of nitrogens with one attached hydrogen (secondary N) is 1. The largest absolute Gasteiger partial charge is 0.467 e. The summed E-state index contributed by atoms with van der Waals surface area (Å²) in [5.74, 6) is 2.03. The van der Waals surface area contributed by atoms with Crippen LogP contribution >= 0.6 is 0 Å². The molecule has 6 nitrogen and oxygen atoms in total. The Bertz CT molecular complexity index is 619. The second-order valence-electron chi connectivity index (χ2n) is 5.12. The standard InChI is InChI=1S/C15H18N4O2/c1-11-17-13(15(20)19-6-2-3-7-19)9-14(18-11)16-10-12-5-4-8-21-12/h4-5,8-9H,2-3,6-7,10H2,1H3,(H,16,17,18). The molecule has 0 unspecified atom stereocenters. The fourth-order valence-corrected chi connectivity index (χ4v) is 2.44. The van der Waals surface area contributed by atoms with Crippen molar-refractivity contribution in [2.24, 2.45) is 0 Å². The van der Waals surface area contributed by atoms with Crippen LogP contribution in [-0.2, 0) is 6.54 Å². The van der Waals surface area contributed by atoms with Gasteiger partial charge in [-0.25, -0.2) is 9.97 Å². The normalized spacial score (nSPS) is 14.4. The number of rotatable bonds is 4. The van der Waals surface area contributed by atoms with Crippen molar-refractivity contribution in [3.8, 4) is 0 Å². The number of hydrogen-bond acceptors (Lipinski definition) is 5. The Morgan fingerprint density at radius 3 is 2.90 bits per heavy atom. The van der Waals surface area contributed by atoms with Gasteiger partial charge in [0.1, 0.15) is 23.1 Å². The maximum Gasteiger partial charge on any atom is 0.272 e. The minimum atomic E-state index is -0.0148. The average molecular weight is 286 g/mol. The number of anilines is 1. The summed E-state index contributed by atoms with van der Waals surface area (Å²) < 4.78 is 5.26. The molecule has 0 aliphatic carbocycles. The molecule has 0 radical (unpaired) electrons. The Kier molecular flexibility index (Phi) is 3.85. The van der Waals surface area contributed by atoms with E-state index in [4.69, 9.17) is 4.42 Å². The summed E-state index contributed by atoms with van der Waals surface area (Å²) in [5.41, 5.74) is 0.450. The molecule has 21 heavy (non-hydrogen) atoms. The third kappa shape index (κ3) is 3.21. The molecule has 1 N–H and O–H groups in total. The summed E-state index contributed by atoms with van der Waals surface area (Å²) in [5, 5.41) is 3.16. The van der Waals surface area contributed by atoms with Crippen LogP contribution in [-0.4, -0.2) is 33.9 Å². The summed E-state index contributed by atoms with van der Waals surface area (Å²) in [6, 6.07) is 5.43. The zero-order chi connectivity index (χ0) is 14.7. The van der Waals surface area contributed by atoms with Crippen LogP contribution in [0, 0.1) is 6.92 Å². The molecule has 110 valence electrons. The maximum absolute atomic E-state index is 12.4. The molecule has 0 saturated carbocycles. The van der Waals surface area contributed by atoms with Gasteiger partial charge in [0.25, 0.3) is 5.91 Å². The van der Waals surface area contributed by atoms with E-state index in [1.54, 1.807) is 19.3 Å². The van der Waals surface area contributed by atoms with E-state index in [0.29, 0.717) is 23.9 Å². The Balaban J connectivity index is 1.74. The van der Waals surface area contributed by atoms with Crippen LogP contribution in [0.3, 0.4) is 0 Å². The van der Waals surface area contributed by atoms with Crippen molar-refractivity contribution >= 4 is 11.7 Å². The van der Waals surface area contributed by atoms with E-state index < -0.39 is 0 Å². The predicted molar refractivity (Wildman–Crippen MR) is 77.9 cm³/mol. The monoisotopic (exact) mass is 286 g/mol. The fraction of sp³-hybridized carbons (Fsp3) is 0.400. The Morgan fingerprint density at radius 2 is 2.19 bits per heavy atom. The molecule has 6 heteroatoms. The number of furan rings is 1. The molecular formula is C15H18N4O2. The van der Waals surface area contributed by atoms with E-state index in [-0.39, 0.29) is 5.91 Å². The zero-order valence-corrected chi connectivity index (χ0v) is 12.0. The lowest BCUT2D eigenvalue weighted by Gasteiger charge is -2.15. The van der Waals surface area contributed by atoms with Gasteiger partial charge in [-0.1, -0.05) is 0 Å². The van der Waals surface area contributed by atoms with Crippen molar-refractivity contribution in [3.05, 3.63) is 41.7 Å². The molecule has 0 atom stereocenters. The van der Waals surface area contributed by atoms with Gasteiger partial charge in [-0.05, 0) is 31.9 Å². The third-order valence-corrected chi connectivity index (χ3v) is 3.47. The molecule has 0 aromatic carbocycles. The van der Waals surface area contributed by atoms with Crippen LogP contribution in [0.5, 0.6) is 0 Å². The summed E-state index contributed by atoms with van der Waals surface area (Å²) in [7, 11) is 0. The highest BCUT2D eigenvalue weighted by molar-refractivity contribution is 5.93. The topological polar surface area (TPSA) is 71.3 Å². The van der Waals surface area contributed by atoms with E-state index in [2.05, 4.69) is 15.3 Å². The Labute approximate surface area is 123 Å². The van der Waals surface area contributed by atoms with Crippen LogP contribution in [0.2, 0.25) is 0 Å². The van der Waals surface area contributed by atoms with Crippen molar-refractivity contribution in [3.63, 3.8) is 0 Å². The van der Waals surface area contributed by atoms with Crippen LogP contribution in [0.4, 0.5) is 5.82 Å². The highest BCUT2D eigenvalue weighted by Crippen LogP contribution is 2.14. The smallest absolute Gasteiger partial charge is 0.272 e. The summed E-state index contributed by atoms with van der Waals surface area (Å²) in [6.45, 7) is 3.95. The van der Waals surface area contributed by atoms with Gasteiger partial charge < -0.3 is 14.6 Å². The molecule has 0 spiro atoms. The number of hydrogen-bond donors (Lipinski definition) is 1. The van der Waals surface area contributed by atoms with Crippen molar-refractivity contribution in [2.45, 2.75) is 26.3 Å². The summed E-state index contributed by atoms with van der Waals surface area (Å²) in [6.07, 6.45) is 3.77. The first-order valence-electron chi connectivity index (χ1n) is 7.13. The van der Waals surface area contributed by atoms with E-state index in [1.807, 2.05) is 17.0 Å². The van der Waals surface area contributed by atoms with E-state index in [9.17, 15) is 4.79 Å². The number of nitrogens with zero attached hydrogens (tertiary/aromatic N) is 3. The molecule has 1 aliphatic heterocycles. The van der Waals surface area contributed by atoms with E-state index >= 15 is 0 Å². The van der Waals surface area contributed by atoms with Crippen LogP contribution < -0.4 is 5.32 Å². The third-order valence-electron chi connectivity index (χ3n) is 3.47. The highest BCUT2D eigenvalue weighted by Gasteiger charge is 2.21. The van der Waals surface area contributed by atoms with Gasteiger partial charge >= 0.3 is 0 Å². The molecule has 1 amide bonds. The maximum atomic E-state index is 12.4. The quantitative estimate of drug-likeness (QED) is 0.933. The SMILES string of the molecule is Cc1nc(NCc2ccco2)cc(C(=O)N2CCCC2)n1. The highest BCUT2D eigenvalue weighted by atomic mass is 16.3. The first-order chi connectivity index (χ1) is 10.2. The van der Waals surface area contributed by atoms with Crippen molar-refractivity contribution in [2.75, 3.05) is 18.4 Å². The minimum absolute atomic E-state index is 0.0148. The zero-order valence-electron chi connectivity index (χ0n) is 12.0. The number of aryl methyl sites for hydroxylation is 1. The van der Waals surface area contributed by atoms with Gasteiger partial charge in [-0.2, -0.15) is 0 Å². The first-order valence-corrected chi connectivity index (χ1v) is 7.13. The van der Waals surface area contributed by atoms with Crippen molar-refractivity contribution < 1.29 is 9.21 Å². The van der Waals surface area contributed by atoms with Gasteiger partial charge in [-0.15, -0.1) is 0 Å².